The van der Waals surface area contributed by atoms with Crippen LogP contribution in [0.2, 0.25) is 0 Å². The third kappa shape index (κ3) is 5.36. The van der Waals surface area contributed by atoms with Gasteiger partial charge in [0.15, 0.2) is 0 Å². The van der Waals surface area contributed by atoms with Crippen molar-refractivity contribution in [3.63, 3.8) is 0 Å². The number of hydrogen-bond donors (Lipinski definition) is 2. The first-order chi connectivity index (χ1) is 8.58. The Morgan fingerprint density at radius 1 is 1.32 bits per heavy atom. The fourth-order valence-electron chi connectivity index (χ4n) is 2.16. The molecule has 1 heterocycles. The monoisotopic (exact) mass is 292 g/mol. The van der Waals surface area contributed by atoms with Gasteiger partial charge in [-0.3, -0.25) is 0 Å². The van der Waals surface area contributed by atoms with Crippen LogP contribution in [0.25, 0.3) is 0 Å². The molecular weight excluding hydrogens is 268 g/mol. The fourth-order valence-corrected chi connectivity index (χ4v) is 3.77. The summed E-state index contributed by atoms with van der Waals surface area (Å²) in [5.74, 6) is 0.172. The summed E-state index contributed by atoms with van der Waals surface area (Å²) < 4.78 is 28.2. The summed E-state index contributed by atoms with van der Waals surface area (Å²) in [5.41, 5.74) is 4.45. The fraction of sp³-hybridized carbons (Fsp3) is 0.917. The predicted octanol–water partition coefficient (Wildman–Crippen LogP) is 0.807. The summed E-state index contributed by atoms with van der Waals surface area (Å²) in [6.45, 7) is 5.75. The second kappa shape index (κ2) is 5.66. The maximum absolute atomic E-state index is 11.8. The highest BCUT2D eigenvalue weighted by atomic mass is 32.2. The van der Waals surface area contributed by atoms with Gasteiger partial charge in [-0.05, 0) is 46.6 Å². The van der Waals surface area contributed by atoms with E-state index in [0.717, 1.165) is 0 Å². The molecule has 0 saturated carbocycles. The Hall–Kier alpha value is -0.820. The number of ether oxygens (including phenoxy) is 1. The molecule has 1 aliphatic heterocycles. The Bertz CT molecular complexity index is 412. The van der Waals surface area contributed by atoms with Crippen molar-refractivity contribution >= 4 is 15.9 Å². The predicted molar refractivity (Wildman–Crippen MR) is 73.7 cm³/mol. The number of nitrogens with two attached hydrogens (primary N) is 1. The van der Waals surface area contributed by atoms with Crippen molar-refractivity contribution in [1.82, 2.24) is 5.32 Å². The van der Waals surface area contributed by atoms with E-state index >= 15 is 0 Å². The molecule has 0 unspecified atom stereocenters. The molecule has 0 atom stereocenters. The average molecular weight is 292 g/mol. The number of carbonyl (C=O) groups excluding carboxylic acids is 1. The van der Waals surface area contributed by atoms with Gasteiger partial charge in [-0.2, -0.15) is 0 Å². The molecule has 19 heavy (non-hydrogen) atoms. The van der Waals surface area contributed by atoms with Gasteiger partial charge in [-0.25, -0.2) is 13.2 Å². The van der Waals surface area contributed by atoms with Crippen LogP contribution in [0.3, 0.4) is 0 Å². The van der Waals surface area contributed by atoms with Crippen molar-refractivity contribution in [2.75, 3.05) is 18.1 Å². The van der Waals surface area contributed by atoms with Crippen LogP contribution in [0.1, 0.15) is 40.0 Å². The van der Waals surface area contributed by atoms with Gasteiger partial charge < -0.3 is 15.8 Å². The molecule has 112 valence electrons. The molecule has 0 aromatic rings. The van der Waals surface area contributed by atoms with E-state index in [0.29, 0.717) is 25.8 Å². The number of carbonyl (C=O) groups is 1. The van der Waals surface area contributed by atoms with Gasteiger partial charge in [-0.15, -0.1) is 0 Å². The number of sulfone groups is 1. The van der Waals surface area contributed by atoms with E-state index in [2.05, 4.69) is 5.32 Å². The van der Waals surface area contributed by atoms with Crippen molar-refractivity contribution in [2.24, 2.45) is 5.73 Å². The van der Waals surface area contributed by atoms with E-state index in [4.69, 9.17) is 10.5 Å². The van der Waals surface area contributed by atoms with Crippen LogP contribution < -0.4 is 11.1 Å². The van der Waals surface area contributed by atoms with Crippen LogP contribution >= 0.6 is 0 Å². The van der Waals surface area contributed by atoms with Gasteiger partial charge in [0.25, 0.3) is 0 Å². The van der Waals surface area contributed by atoms with Crippen LogP contribution in [0.5, 0.6) is 0 Å². The number of nitrogens with one attached hydrogen (secondary N) is 1. The summed E-state index contributed by atoms with van der Waals surface area (Å²) in [5, 5.41) is 2.82. The average Bonchev–Trinajstić information content (AvgIpc) is 2.20. The summed E-state index contributed by atoms with van der Waals surface area (Å²) in [6, 6.07) is 0. The number of rotatable bonds is 3. The molecule has 0 bridgehead atoms. The molecule has 0 radical (unpaired) electrons. The van der Waals surface area contributed by atoms with E-state index in [1.54, 1.807) is 20.8 Å². The maximum Gasteiger partial charge on any atom is 0.408 e. The summed E-state index contributed by atoms with van der Waals surface area (Å²) in [7, 11) is -2.98. The summed E-state index contributed by atoms with van der Waals surface area (Å²) in [6.07, 6.45) is 0.833. The third-order valence-corrected chi connectivity index (χ3v) is 4.82. The lowest BCUT2D eigenvalue weighted by molar-refractivity contribution is 0.0440. The Kier molecular flexibility index (Phi) is 4.84. The highest BCUT2D eigenvalue weighted by Gasteiger charge is 2.38. The van der Waals surface area contributed by atoms with E-state index < -0.39 is 27.1 Å². The van der Waals surface area contributed by atoms with Crippen molar-refractivity contribution in [1.29, 1.82) is 0 Å². The van der Waals surface area contributed by atoms with Crippen LogP contribution in [0.4, 0.5) is 4.79 Å². The van der Waals surface area contributed by atoms with Gasteiger partial charge in [-0.1, -0.05) is 0 Å². The van der Waals surface area contributed by atoms with Crippen LogP contribution in [0.15, 0.2) is 0 Å². The van der Waals surface area contributed by atoms with Gasteiger partial charge in [0.05, 0.1) is 11.5 Å². The van der Waals surface area contributed by atoms with E-state index in [1.165, 1.54) is 0 Å². The van der Waals surface area contributed by atoms with Gasteiger partial charge in [0.2, 0.25) is 0 Å². The number of amides is 1. The molecule has 1 amide bonds. The molecule has 0 aromatic heterocycles. The number of hydrogen-bond acceptors (Lipinski definition) is 5. The molecule has 0 aliphatic carbocycles. The smallest absolute Gasteiger partial charge is 0.408 e. The van der Waals surface area contributed by atoms with Gasteiger partial charge in [0.1, 0.15) is 15.4 Å². The first-order valence-corrected chi connectivity index (χ1v) is 8.31. The van der Waals surface area contributed by atoms with E-state index in [9.17, 15) is 13.2 Å². The molecular formula is C12H24N2O4S. The summed E-state index contributed by atoms with van der Waals surface area (Å²) >= 11 is 0. The molecule has 0 spiro atoms. The third-order valence-electron chi connectivity index (χ3n) is 3.17. The van der Waals surface area contributed by atoms with Gasteiger partial charge >= 0.3 is 6.09 Å². The zero-order valence-electron chi connectivity index (χ0n) is 11.9. The van der Waals surface area contributed by atoms with E-state index in [1.807, 2.05) is 0 Å². The Morgan fingerprint density at radius 2 is 1.84 bits per heavy atom. The van der Waals surface area contributed by atoms with Crippen molar-refractivity contribution in [3.05, 3.63) is 0 Å². The molecule has 1 fully saturated rings. The maximum atomic E-state index is 11.8. The Labute approximate surface area is 115 Å². The lowest BCUT2D eigenvalue weighted by Gasteiger charge is -2.38. The van der Waals surface area contributed by atoms with E-state index in [-0.39, 0.29) is 11.5 Å². The molecule has 3 N–H and O–H groups in total. The normalized spacial score (nSPS) is 21.7. The first kappa shape index (κ1) is 16.2. The van der Waals surface area contributed by atoms with Crippen molar-refractivity contribution in [2.45, 2.75) is 51.2 Å². The molecule has 7 heteroatoms. The molecule has 1 rings (SSSR count). The standard InChI is InChI=1S/C12H24N2O4S/c1-11(2,3)18-10(15)14-12(4-7-13)5-8-19(16,17)9-6-12/h4-9,13H2,1-3H3,(H,14,15). The lowest BCUT2D eigenvalue weighted by atomic mass is 9.88. The SMILES string of the molecule is CC(C)(C)OC(=O)NC1(CCN)CCS(=O)(=O)CC1. The first-order valence-electron chi connectivity index (χ1n) is 6.49. The minimum absolute atomic E-state index is 0.0861. The topological polar surface area (TPSA) is 98.5 Å². The minimum atomic E-state index is -2.98. The van der Waals surface area contributed by atoms with Crippen LogP contribution in [0, 0.1) is 0 Å². The Morgan fingerprint density at radius 3 is 2.26 bits per heavy atom. The lowest BCUT2D eigenvalue weighted by Crippen LogP contribution is -2.55. The molecule has 6 nitrogen and oxygen atoms in total. The van der Waals surface area contributed by atoms with Crippen LogP contribution in [-0.2, 0) is 14.6 Å². The molecule has 1 saturated heterocycles. The van der Waals surface area contributed by atoms with Crippen molar-refractivity contribution < 1.29 is 17.9 Å². The summed E-state index contributed by atoms with van der Waals surface area (Å²) in [4.78, 5) is 11.8. The van der Waals surface area contributed by atoms with Crippen molar-refractivity contribution in [3.8, 4) is 0 Å². The molecule has 0 aromatic carbocycles. The quantitative estimate of drug-likeness (QED) is 0.802. The van der Waals surface area contributed by atoms with Gasteiger partial charge in [0, 0.05) is 5.54 Å². The zero-order chi connectivity index (χ0) is 14.7. The molecule has 1 aliphatic rings. The second-order valence-corrected chi connectivity index (χ2v) is 8.40. The van der Waals surface area contributed by atoms with Crippen LogP contribution in [-0.4, -0.2) is 43.7 Å². The highest BCUT2D eigenvalue weighted by molar-refractivity contribution is 7.91. The zero-order valence-corrected chi connectivity index (χ0v) is 12.7. The Balaban J connectivity index is 2.71. The largest absolute Gasteiger partial charge is 0.444 e. The second-order valence-electron chi connectivity index (χ2n) is 6.10. The highest BCUT2D eigenvalue weighted by Crippen LogP contribution is 2.27. The number of alkyl carbamates (subject to hydrolysis) is 1. The minimum Gasteiger partial charge on any atom is -0.444 e.